The monoisotopic (exact) mass is 529 g/mol. The second-order valence-electron chi connectivity index (χ2n) is 9.20. The van der Waals surface area contributed by atoms with E-state index in [1.807, 2.05) is 4.90 Å². The number of H-pyrrole nitrogens is 1. The van der Waals surface area contributed by atoms with Gasteiger partial charge in [-0.15, -0.1) is 10.2 Å². The Bertz CT molecular complexity index is 1210. The number of piperazine rings is 1. The molecule has 12 heteroatoms. The van der Waals surface area contributed by atoms with Gasteiger partial charge in [0.2, 0.25) is 5.95 Å². The molecule has 10 nitrogen and oxygen atoms in total. The fourth-order valence-electron chi connectivity index (χ4n) is 5.16. The molecule has 0 aliphatic carbocycles. The number of aromatic nitrogens is 5. The molecule has 0 unspecified atom stereocenters. The van der Waals surface area contributed by atoms with Crippen LogP contribution in [0.25, 0.3) is 11.5 Å². The van der Waals surface area contributed by atoms with Crippen LogP contribution < -0.4 is 10.6 Å². The summed E-state index contributed by atoms with van der Waals surface area (Å²) in [5.41, 5.74) is 6.80. The summed E-state index contributed by atoms with van der Waals surface area (Å²) < 4.78 is 0. The van der Waals surface area contributed by atoms with Crippen LogP contribution in [0.4, 0.5) is 11.8 Å². The largest absolute Gasteiger partial charge is 0.368 e. The molecular weight excluding hydrogens is 501 g/mol. The van der Waals surface area contributed by atoms with Crippen molar-refractivity contribution < 1.29 is 4.79 Å². The third-order valence-corrected chi connectivity index (χ3v) is 7.58. The van der Waals surface area contributed by atoms with Crippen LogP contribution in [0.2, 0.25) is 10.2 Å². The average molecular weight is 530 g/mol. The molecule has 0 bridgehead atoms. The number of nitrogens with two attached hydrogens (primary N) is 1. The third-order valence-electron chi connectivity index (χ3n) is 7.07. The van der Waals surface area contributed by atoms with Gasteiger partial charge in [0.05, 0.1) is 6.20 Å². The standard InChI is InChI=1S/C24H29Cl2N9O/c1-2-17-14-34(22-20(26)29-19(13-28-22)21-30-24(27)32-31-21)11-12-35(17)18-7-9-33(10-8-18)23(36)15-3-5-16(25)6-4-15/h3-6,13,17-18H,2,7-12,14H2,1H3,(H3,27,30,31,32)/t17-/m0/s1. The highest BCUT2D eigenvalue weighted by molar-refractivity contribution is 6.31. The Balaban J connectivity index is 1.20. The van der Waals surface area contributed by atoms with Crippen molar-refractivity contribution in [3.05, 3.63) is 46.2 Å². The van der Waals surface area contributed by atoms with Crippen molar-refractivity contribution in [2.24, 2.45) is 0 Å². The molecule has 190 valence electrons. The van der Waals surface area contributed by atoms with Gasteiger partial charge in [0.1, 0.15) is 5.69 Å². The van der Waals surface area contributed by atoms with Gasteiger partial charge < -0.3 is 20.5 Å². The average Bonchev–Trinajstić information content (AvgIpc) is 3.34. The number of halogens is 2. The number of likely N-dealkylation sites (tertiary alicyclic amines) is 1. The minimum absolute atomic E-state index is 0.0756. The van der Waals surface area contributed by atoms with E-state index in [0.29, 0.717) is 45.2 Å². The van der Waals surface area contributed by atoms with Crippen LogP contribution in [-0.2, 0) is 0 Å². The molecule has 3 N–H and O–H groups in total. The van der Waals surface area contributed by atoms with Crippen LogP contribution in [0, 0.1) is 0 Å². The lowest BCUT2D eigenvalue weighted by molar-refractivity contribution is 0.0491. The molecular formula is C24H29Cl2N9O. The van der Waals surface area contributed by atoms with Gasteiger partial charge in [-0.3, -0.25) is 9.69 Å². The maximum Gasteiger partial charge on any atom is 0.253 e. The maximum atomic E-state index is 12.9. The van der Waals surface area contributed by atoms with E-state index in [9.17, 15) is 4.79 Å². The molecule has 3 aromatic rings. The summed E-state index contributed by atoms with van der Waals surface area (Å²) in [5, 5.41) is 8.68. The van der Waals surface area contributed by atoms with E-state index in [1.165, 1.54) is 0 Å². The Morgan fingerprint density at radius 3 is 2.50 bits per heavy atom. The summed E-state index contributed by atoms with van der Waals surface area (Å²) in [6, 6.07) is 7.94. The van der Waals surface area contributed by atoms with E-state index in [4.69, 9.17) is 28.9 Å². The molecule has 2 aliphatic heterocycles. The Morgan fingerprint density at radius 2 is 1.86 bits per heavy atom. The molecule has 1 aromatic carbocycles. The number of nitrogens with one attached hydrogen (secondary N) is 1. The zero-order chi connectivity index (χ0) is 25.2. The molecule has 0 radical (unpaired) electrons. The molecule has 36 heavy (non-hydrogen) atoms. The Morgan fingerprint density at radius 1 is 1.11 bits per heavy atom. The number of carbonyl (C=O) groups is 1. The third kappa shape index (κ3) is 5.11. The smallest absolute Gasteiger partial charge is 0.253 e. The number of anilines is 2. The van der Waals surface area contributed by atoms with Crippen molar-refractivity contribution in [1.82, 2.24) is 34.9 Å². The first-order chi connectivity index (χ1) is 17.4. The number of rotatable bonds is 5. The van der Waals surface area contributed by atoms with Gasteiger partial charge >= 0.3 is 0 Å². The van der Waals surface area contributed by atoms with Gasteiger partial charge in [-0.25, -0.2) is 9.97 Å². The topological polar surface area (TPSA) is 120 Å². The zero-order valence-corrected chi connectivity index (χ0v) is 21.6. The van der Waals surface area contributed by atoms with Gasteiger partial charge in [-0.2, -0.15) is 0 Å². The minimum Gasteiger partial charge on any atom is -0.368 e. The first-order valence-electron chi connectivity index (χ1n) is 12.2. The number of piperidine rings is 1. The normalized spacial score (nSPS) is 19.6. The lowest BCUT2D eigenvalue weighted by atomic mass is 9.97. The van der Waals surface area contributed by atoms with Gasteiger partial charge in [-0.1, -0.05) is 30.1 Å². The molecule has 2 aromatic heterocycles. The highest BCUT2D eigenvalue weighted by atomic mass is 35.5. The van der Waals surface area contributed by atoms with Crippen LogP contribution in [-0.4, -0.2) is 85.7 Å². The van der Waals surface area contributed by atoms with Crippen molar-refractivity contribution >= 4 is 40.9 Å². The summed E-state index contributed by atoms with van der Waals surface area (Å²) >= 11 is 12.5. The summed E-state index contributed by atoms with van der Waals surface area (Å²) in [4.78, 5) is 31.5. The number of hydrogen-bond acceptors (Lipinski definition) is 8. The summed E-state index contributed by atoms with van der Waals surface area (Å²) in [7, 11) is 0. The van der Waals surface area contributed by atoms with Crippen molar-refractivity contribution in [2.75, 3.05) is 43.4 Å². The predicted octanol–water partition coefficient (Wildman–Crippen LogP) is 3.36. The molecule has 1 amide bonds. The number of aromatic amines is 1. The number of carbonyl (C=O) groups excluding carboxylic acids is 1. The molecule has 0 spiro atoms. The van der Waals surface area contributed by atoms with Crippen molar-refractivity contribution in [3.63, 3.8) is 0 Å². The Hall–Kier alpha value is -2.95. The van der Waals surface area contributed by atoms with Gasteiger partial charge in [-0.05, 0) is 43.5 Å². The zero-order valence-electron chi connectivity index (χ0n) is 20.1. The molecule has 2 fully saturated rings. The summed E-state index contributed by atoms with van der Waals surface area (Å²) in [6.45, 7) is 6.27. The SMILES string of the molecule is CC[C@H]1CN(c2ncc(-c3nnc(N)[nH]3)nc2Cl)CCN1C1CCN(C(=O)c2ccc(Cl)cc2)CC1. The number of hydrogen-bond donors (Lipinski definition) is 2. The van der Waals surface area contributed by atoms with E-state index < -0.39 is 0 Å². The molecule has 2 aliphatic rings. The fraction of sp³-hybridized carbons (Fsp3) is 0.458. The Kier molecular flexibility index (Phi) is 7.27. The van der Waals surface area contributed by atoms with Crippen LogP contribution in [0.3, 0.4) is 0 Å². The maximum absolute atomic E-state index is 12.9. The van der Waals surface area contributed by atoms with E-state index >= 15 is 0 Å². The van der Waals surface area contributed by atoms with Gasteiger partial charge in [0, 0.05) is 55.4 Å². The summed E-state index contributed by atoms with van der Waals surface area (Å²) in [5.74, 6) is 1.40. The van der Waals surface area contributed by atoms with Crippen LogP contribution in [0.1, 0.15) is 36.5 Å². The van der Waals surface area contributed by atoms with Crippen molar-refractivity contribution in [1.29, 1.82) is 0 Å². The fourth-order valence-corrected chi connectivity index (χ4v) is 5.54. The Labute approximate surface area is 219 Å². The van der Waals surface area contributed by atoms with Crippen LogP contribution in [0.5, 0.6) is 0 Å². The molecule has 4 heterocycles. The van der Waals surface area contributed by atoms with E-state index in [2.05, 4.69) is 41.9 Å². The van der Waals surface area contributed by atoms with Crippen LogP contribution >= 0.6 is 23.2 Å². The van der Waals surface area contributed by atoms with E-state index in [1.54, 1.807) is 30.5 Å². The second kappa shape index (κ2) is 10.6. The lowest BCUT2D eigenvalue weighted by Gasteiger charge is -2.47. The number of amides is 1. The van der Waals surface area contributed by atoms with Crippen molar-refractivity contribution in [3.8, 4) is 11.5 Å². The second-order valence-corrected chi connectivity index (χ2v) is 10.00. The molecule has 5 rings (SSSR count). The van der Waals surface area contributed by atoms with E-state index in [0.717, 1.165) is 52.0 Å². The number of nitrogens with zero attached hydrogens (tertiary/aromatic N) is 7. The quantitative estimate of drug-likeness (QED) is 0.516. The first-order valence-corrected chi connectivity index (χ1v) is 12.9. The highest BCUT2D eigenvalue weighted by Crippen LogP contribution is 2.29. The molecule has 0 saturated carbocycles. The highest BCUT2D eigenvalue weighted by Gasteiger charge is 2.35. The summed E-state index contributed by atoms with van der Waals surface area (Å²) in [6.07, 6.45) is 4.58. The molecule has 1 atom stereocenters. The van der Waals surface area contributed by atoms with E-state index in [-0.39, 0.29) is 11.9 Å². The van der Waals surface area contributed by atoms with Gasteiger partial charge in [0.15, 0.2) is 16.8 Å². The van der Waals surface area contributed by atoms with Crippen LogP contribution in [0.15, 0.2) is 30.5 Å². The minimum atomic E-state index is 0.0756. The number of nitrogen functional groups attached to an aromatic ring is 1. The lowest BCUT2D eigenvalue weighted by Crippen LogP contribution is -2.58. The first kappa shape index (κ1) is 24.7. The van der Waals surface area contributed by atoms with Gasteiger partial charge in [0.25, 0.3) is 5.91 Å². The predicted molar refractivity (Wildman–Crippen MR) is 140 cm³/mol. The van der Waals surface area contributed by atoms with Crippen molar-refractivity contribution in [2.45, 2.75) is 38.3 Å². The number of benzene rings is 1. The molecule has 2 saturated heterocycles.